The highest BCUT2D eigenvalue weighted by Gasteiger charge is 2.23. The van der Waals surface area contributed by atoms with Gasteiger partial charge in [-0.05, 0) is 60.2 Å². The van der Waals surface area contributed by atoms with Gasteiger partial charge in [-0.2, -0.15) is 0 Å². The van der Waals surface area contributed by atoms with Crippen LogP contribution in [0.4, 0.5) is 17.1 Å². The molecule has 1 heterocycles. The molecule has 1 fully saturated rings. The molecule has 0 aliphatic carbocycles. The van der Waals surface area contributed by atoms with E-state index in [0.717, 1.165) is 16.5 Å². The van der Waals surface area contributed by atoms with Crippen LogP contribution in [-0.4, -0.2) is 47.8 Å². The van der Waals surface area contributed by atoms with E-state index in [0.29, 0.717) is 43.0 Å². The van der Waals surface area contributed by atoms with E-state index in [1.54, 1.807) is 19.1 Å². The highest BCUT2D eigenvalue weighted by molar-refractivity contribution is 6.04. The summed E-state index contributed by atoms with van der Waals surface area (Å²) in [5, 5.41) is 16.1. The maximum Gasteiger partial charge on any atom is 0.273 e. The van der Waals surface area contributed by atoms with Gasteiger partial charge in [0.05, 0.1) is 4.92 Å². The molecule has 186 valence electrons. The first kappa shape index (κ1) is 24.0. The van der Waals surface area contributed by atoms with Gasteiger partial charge in [0.15, 0.2) is 0 Å². The number of piperazine rings is 1. The molecule has 0 radical (unpaired) electrons. The normalized spacial score (nSPS) is 13.4. The predicted molar refractivity (Wildman–Crippen MR) is 144 cm³/mol. The Morgan fingerprint density at radius 2 is 1.49 bits per heavy atom. The molecular weight excluding hydrogens is 468 g/mol. The molecule has 1 aliphatic rings. The van der Waals surface area contributed by atoms with Crippen LogP contribution in [0.15, 0.2) is 84.9 Å². The SMILES string of the molecule is Cc1ccc(C(=O)Nc2ccc(N3CCN(C(=O)c4ccc5ccccc5c4)CC3)cc2)cc1[N+](=O)[O-]. The third-order valence-electron chi connectivity index (χ3n) is 6.72. The molecule has 0 atom stereocenters. The molecule has 0 unspecified atom stereocenters. The van der Waals surface area contributed by atoms with Gasteiger partial charge in [0.25, 0.3) is 17.5 Å². The highest BCUT2D eigenvalue weighted by atomic mass is 16.6. The average Bonchev–Trinajstić information content (AvgIpc) is 2.93. The number of nitro benzene ring substituents is 1. The van der Waals surface area contributed by atoms with E-state index in [2.05, 4.69) is 10.2 Å². The molecule has 4 aromatic rings. The molecule has 8 heteroatoms. The summed E-state index contributed by atoms with van der Waals surface area (Å²) in [4.78, 5) is 40.4. The summed E-state index contributed by atoms with van der Waals surface area (Å²) in [7, 11) is 0. The zero-order valence-corrected chi connectivity index (χ0v) is 20.4. The van der Waals surface area contributed by atoms with Crippen molar-refractivity contribution in [2.45, 2.75) is 6.92 Å². The van der Waals surface area contributed by atoms with Crippen molar-refractivity contribution in [3.8, 4) is 0 Å². The number of rotatable bonds is 5. The Morgan fingerprint density at radius 1 is 0.811 bits per heavy atom. The van der Waals surface area contributed by atoms with E-state index in [9.17, 15) is 19.7 Å². The Morgan fingerprint density at radius 3 is 2.19 bits per heavy atom. The molecule has 2 amide bonds. The van der Waals surface area contributed by atoms with E-state index < -0.39 is 10.8 Å². The fourth-order valence-corrected chi connectivity index (χ4v) is 4.58. The smallest absolute Gasteiger partial charge is 0.273 e. The number of nitrogens with one attached hydrogen (secondary N) is 1. The minimum absolute atomic E-state index is 0.0415. The van der Waals surface area contributed by atoms with Gasteiger partial charge < -0.3 is 15.1 Å². The molecule has 4 aromatic carbocycles. The second kappa shape index (κ2) is 10.1. The summed E-state index contributed by atoms with van der Waals surface area (Å²) in [5.74, 6) is -0.364. The van der Waals surface area contributed by atoms with E-state index >= 15 is 0 Å². The first-order chi connectivity index (χ1) is 17.9. The molecule has 1 N–H and O–H groups in total. The summed E-state index contributed by atoms with van der Waals surface area (Å²) in [6, 6.07) is 25.7. The van der Waals surface area contributed by atoms with E-state index in [1.807, 2.05) is 71.6 Å². The number of carbonyl (C=O) groups is 2. The monoisotopic (exact) mass is 494 g/mol. The van der Waals surface area contributed by atoms with Gasteiger partial charge in [0.1, 0.15) is 0 Å². The van der Waals surface area contributed by atoms with Crippen LogP contribution in [0.25, 0.3) is 10.8 Å². The first-order valence-electron chi connectivity index (χ1n) is 12.1. The van der Waals surface area contributed by atoms with Crippen LogP contribution in [0.5, 0.6) is 0 Å². The third kappa shape index (κ3) is 5.13. The van der Waals surface area contributed by atoms with Gasteiger partial charge in [-0.15, -0.1) is 0 Å². The fraction of sp³-hybridized carbons (Fsp3) is 0.172. The number of hydrogen-bond acceptors (Lipinski definition) is 5. The number of hydrogen-bond donors (Lipinski definition) is 1. The number of aryl methyl sites for hydroxylation is 1. The fourth-order valence-electron chi connectivity index (χ4n) is 4.58. The summed E-state index contributed by atoms with van der Waals surface area (Å²) < 4.78 is 0. The first-order valence-corrected chi connectivity index (χ1v) is 12.1. The zero-order valence-electron chi connectivity index (χ0n) is 20.4. The number of nitro groups is 1. The van der Waals surface area contributed by atoms with Crippen molar-refractivity contribution in [2.24, 2.45) is 0 Å². The Hall–Kier alpha value is -4.72. The largest absolute Gasteiger partial charge is 0.368 e. The Bertz CT molecular complexity index is 1490. The number of anilines is 2. The molecular formula is C29H26N4O4. The van der Waals surface area contributed by atoms with Gasteiger partial charge in [-0.1, -0.05) is 36.4 Å². The van der Waals surface area contributed by atoms with Crippen LogP contribution in [0.2, 0.25) is 0 Å². The minimum atomic E-state index is -0.490. The van der Waals surface area contributed by atoms with Gasteiger partial charge in [0, 0.05) is 60.3 Å². The second-order valence-corrected chi connectivity index (χ2v) is 9.10. The molecule has 0 bridgehead atoms. The van der Waals surface area contributed by atoms with Crippen LogP contribution in [0.3, 0.4) is 0 Å². The summed E-state index contributed by atoms with van der Waals surface area (Å²) in [5.41, 5.74) is 2.95. The lowest BCUT2D eigenvalue weighted by Crippen LogP contribution is -2.48. The number of carbonyl (C=O) groups excluding carboxylic acids is 2. The molecule has 8 nitrogen and oxygen atoms in total. The number of nitrogens with zero attached hydrogens (tertiary/aromatic N) is 3. The van der Waals surface area contributed by atoms with Crippen molar-refractivity contribution in [2.75, 3.05) is 36.4 Å². The van der Waals surface area contributed by atoms with Gasteiger partial charge in [-0.25, -0.2) is 0 Å². The number of benzene rings is 4. The average molecular weight is 495 g/mol. The van der Waals surface area contributed by atoms with E-state index in [4.69, 9.17) is 0 Å². The highest BCUT2D eigenvalue weighted by Crippen LogP contribution is 2.23. The van der Waals surface area contributed by atoms with Crippen molar-refractivity contribution in [1.29, 1.82) is 0 Å². The van der Waals surface area contributed by atoms with E-state index in [1.165, 1.54) is 6.07 Å². The third-order valence-corrected chi connectivity index (χ3v) is 6.72. The maximum absolute atomic E-state index is 13.1. The van der Waals surface area contributed by atoms with Crippen LogP contribution in [-0.2, 0) is 0 Å². The molecule has 0 spiro atoms. The van der Waals surface area contributed by atoms with Crippen molar-refractivity contribution < 1.29 is 14.5 Å². The molecule has 1 aliphatic heterocycles. The van der Waals surface area contributed by atoms with Gasteiger partial charge in [-0.3, -0.25) is 19.7 Å². The number of fused-ring (bicyclic) bond motifs is 1. The summed E-state index contributed by atoms with van der Waals surface area (Å²) >= 11 is 0. The second-order valence-electron chi connectivity index (χ2n) is 9.10. The minimum Gasteiger partial charge on any atom is -0.368 e. The van der Waals surface area contributed by atoms with E-state index in [-0.39, 0.29) is 17.2 Å². The summed E-state index contributed by atoms with van der Waals surface area (Å²) in [6.45, 7) is 4.29. The molecule has 0 aromatic heterocycles. The van der Waals surface area contributed by atoms with Crippen molar-refractivity contribution >= 4 is 39.6 Å². The van der Waals surface area contributed by atoms with Crippen molar-refractivity contribution in [1.82, 2.24) is 4.90 Å². The lowest BCUT2D eigenvalue weighted by Gasteiger charge is -2.36. The number of amides is 2. The molecule has 5 rings (SSSR count). The summed E-state index contributed by atoms with van der Waals surface area (Å²) in [6.07, 6.45) is 0. The van der Waals surface area contributed by atoms with Crippen molar-refractivity contribution in [3.63, 3.8) is 0 Å². The molecule has 1 saturated heterocycles. The Labute approximate surface area is 214 Å². The quantitative estimate of drug-likeness (QED) is 0.301. The van der Waals surface area contributed by atoms with Gasteiger partial charge in [0.2, 0.25) is 0 Å². The van der Waals surface area contributed by atoms with Crippen LogP contribution in [0.1, 0.15) is 26.3 Å². The van der Waals surface area contributed by atoms with Crippen LogP contribution in [0, 0.1) is 17.0 Å². The Balaban J connectivity index is 1.19. The zero-order chi connectivity index (χ0) is 25.9. The lowest BCUT2D eigenvalue weighted by molar-refractivity contribution is -0.385. The van der Waals surface area contributed by atoms with Crippen LogP contribution < -0.4 is 10.2 Å². The topological polar surface area (TPSA) is 95.8 Å². The van der Waals surface area contributed by atoms with Crippen molar-refractivity contribution in [3.05, 3.63) is 112 Å². The maximum atomic E-state index is 13.1. The lowest BCUT2D eigenvalue weighted by atomic mass is 10.1. The standard InChI is InChI=1S/C29H26N4O4/c1-20-6-7-23(19-27(20)33(36)37)28(34)30-25-10-12-26(13-11-25)31-14-16-32(17-15-31)29(35)24-9-8-21-4-2-3-5-22(21)18-24/h2-13,18-19H,14-17H2,1H3,(H,30,34). The molecule has 0 saturated carbocycles. The van der Waals surface area contributed by atoms with Crippen LogP contribution >= 0.6 is 0 Å². The Kier molecular flexibility index (Phi) is 6.55. The molecule has 37 heavy (non-hydrogen) atoms. The predicted octanol–water partition coefficient (Wildman–Crippen LogP) is 5.27. The van der Waals surface area contributed by atoms with Gasteiger partial charge >= 0.3 is 0 Å².